The lowest BCUT2D eigenvalue weighted by atomic mass is 9.94. The lowest BCUT2D eigenvalue weighted by molar-refractivity contribution is -0.140. The van der Waals surface area contributed by atoms with Crippen LogP contribution >= 0.6 is 0 Å². The molecule has 34 heavy (non-hydrogen) atoms. The van der Waals surface area contributed by atoms with E-state index in [1.165, 1.54) is 4.90 Å². The predicted octanol–water partition coefficient (Wildman–Crippen LogP) is 4.59. The van der Waals surface area contributed by atoms with Crippen molar-refractivity contribution < 1.29 is 19.4 Å². The molecule has 0 spiro atoms. The van der Waals surface area contributed by atoms with Crippen molar-refractivity contribution in [2.45, 2.75) is 39.3 Å². The fraction of sp³-hybridized carbons (Fsp3) is 0.259. The molecule has 7 heteroatoms. The van der Waals surface area contributed by atoms with E-state index in [0.29, 0.717) is 23.5 Å². The maximum Gasteiger partial charge on any atom is 0.295 e. The van der Waals surface area contributed by atoms with Crippen molar-refractivity contribution in [3.05, 3.63) is 95.1 Å². The highest BCUT2D eigenvalue weighted by Gasteiger charge is 2.46. The van der Waals surface area contributed by atoms with Gasteiger partial charge in [0.25, 0.3) is 11.7 Å². The van der Waals surface area contributed by atoms with E-state index in [4.69, 9.17) is 4.74 Å². The van der Waals surface area contributed by atoms with E-state index in [2.05, 4.69) is 16.9 Å². The summed E-state index contributed by atoms with van der Waals surface area (Å²) in [6.07, 6.45) is 8.50. The van der Waals surface area contributed by atoms with Crippen LogP contribution in [0, 0.1) is 6.92 Å². The Kier molecular flexibility index (Phi) is 7.01. The van der Waals surface area contributed by atoms with Crippen LogP contribution in [0.2, 0.25) is 0 Å². The highest BCUT2D eigenvalue weighted by atomic mass is 16.5. The van der Waals surface area contributed by atoms with E-state index in [1.807, 2.05) is 19.1 Å². The number of pyridine rings is 2. The van der Waals surface area contributed by atoms with Crippen molar-refractivity contribution in [1.29, 1.82) is 0 Å². The van der Waals surface area contributed by atoms with Crippen molar-refractivity contribution in [2.24, 2.45) is 0 Å². The van der Waals surface area contributed by atoms with Crippen LogP contribution in [0.3, 0.4) is 0 Å². The highest BCUT2D eigenvalue weighted by molar-refractivity contribution is 6.46. The third kappa shape index (κ3) is 4.69. The SMILES string of the molecule is CCCCOc1ccc(/C(O)=C2\C(=O)C(=O)N(Cc3cccnc3)[C@@H]2c2ccncc2)c(C)c1. The average molecular weight is 458 g/mol. The number of hydrogen-bond donors (Lipinski definition) is 1. The van der Waals surface area contributed by atoms with Crippen LogP contribution in [0.25, 0.3) is 5.76 Å². The zero-order valence-electron chi connectivity index (χ0n) is 19.3. The second-order valence-electron chi connectivity index (χ2n) is 8.25. The van der Waals surface area contributed by atoms with Gasteiger partial charge in [0.2, 0.25) is 0 Å². The Morgan fingerprint density at radius 1 is 1.09 bits per heavy atom. The predicted molar refractivity (Wildman–Crippen MR) is 128 cm³/mol. The van der Waals surface area contributed by atoms with Crippen LogP contribution in [-0.2, 0) is 16.1 Å². The topological polar surface area (TPSA) is 92.6 Å². The molecule has 1 atom stereocenters. The minimum atomic E-state index is -0.747. The molecule has 1 aliphatic rings. The molecule has 1 N–H and O–H groups in total. The fourth-order valence-corrected chi connectivity index (χ4v) is 4.09. The average Bonchev–Trinajstić information content (AvgIpc) is 3.10. The van der Waals surface area contributed by atoms with Crippen molar-refractivity contribution in [2.75, 3.05) is 6.61 Å². The number of nitrogens with zero attached hydrogens (tertiary/aromatic N) is 3. The monoisotopic (exact) mass is 457 g/mol. The summed E-state index contributed by atoms with van der Waals surface area (Å²) in [6, 6.07) is 11.7. The highest BCUT2D eigenvalue weighted by Crippen LogP contribution is 2.40. The Balaban J connectivity index is 1.76. The molecular formula is C27H27N3O4. The van der Waals surface area contributed by atoms with E-state index in [-0.39, 0.29) is 17.9 Å². The van der Waals surface area contributed by atoms with Crippen LogP contribution in [0.4, 0.5) is 0 Å². The summed E-state index contributed by atoms with van der Waals surface area (Å²) in [6.45, 7) is 4.74. The molecular weight excluding hydrogens is 430 g/mol. The molecule has 0 aliphatic carbocycles. The van der Waals surface area contributed by atoms with Crippen LogP contribution in [0.15, 0.2) is 72.8 Å². The second kappa shape index (κ2) is 10.3. The van der Waals surface area contributed by atoms with E-state index >= 15 is 0 Å². The number of aromatic nitrogens is 2. The van der Waals surface area contributed by atoms with Crippen LogP contribution in [0.1, 0.15) is 48.1 Å². The summed E-state index contributed by atoms with van der Waals surface area (Å²) in [5, 5.41) is 11.3. The smallest absolute Gasteiger partial charge is 0.295 e. The largest absolute Gasteiger partial charge is 0.507 e. The Morgan fingerprint density at radius 2 is 1.88 bits per heavy atom. The number of ketones is 1. The molecule has 1 aromatic carbocycles. The number of carbonyl (C=O) groups is 2. The minimum Gasteiger partial charge on any atom is -0.507 e. The van der Waals surface area contributed by atoms with Crippen LogP contribution in [-0.4, -0.2) is 38.3 Å². The zero-order chi connectivity index (χ0) is 24.1. The number of likely N-dealkylation sites (tertiary alicyclic amines) is 1. The molecule has 3 heterocycles. The molecule has 3 aromatic rings. The first-order valence-electron chi connectivity index (χ1n) is 11.3. The molecule has 4 rings (SSSR count). The maximum atomic E-state index is 13.2. The third-order valence-corrected chi connectivity index (χ3v) is 5.86. The molecule has 1 amide bonds. The van der Waals surface area contributed by atoms with Crippen molar-refractivity contribution >= 4 is 17.4 Å². The molecule has 0 unspecified atom stereocenters. The quantitative estimate of drug-likeness (QED) is 0.230. The Labute approximate surface area is 198 Å². The summed E-state index contributed by atoms with van der Waals surface area (Å²) in [5.41, 5.74) is 2.77. The number of aryl methyl sites for hydroxylation is 1. The van der Waals surface area contributed by atoms with Gasteiger partial charge in [0.15, 0.2) is 0 Å². The van der Waals surface area contributed by atoms with Crippen LogP contribution in [0.5, 0.6) is 5.75 Å². The summed E-state index contributed by atoms with van der Waals surface area (Å²) >= 11 is 0. The normalized spacial score (nSPS) is 17.2. The number of hydrogen-bond acceptors (Lipinski definition) is 6. The number of benzene rings is 1. The van der Waals surface area contributed by atoms with E-state index in [1.54, 1.807) is 55.1 Å². The van der Waals surface area contributed by atoms with Gasteiger partial charge in [-0.15, -0.1) is 0 Å². The Bertz CT molecular complexity index is 1210. The molecule has 1 saturated heterocycles. The van der Waals surface area contributed by atoms with Gasteiger partial charge in [0.05, 0.1) is 18.2 Å². The number of unbranched alkanes of at least 4 members (excludes halogenated alkanes) is 1. The first-order valence-corrected chi connectivity index (χ1v) is 11.3. The molecule has 174 valence electrons. The Morgan fingerprint density at radius 3 is 2.56 bits per heavy atom. The van der Waals surface area contributed by atoms with Gasteiger partial charge in [-0.1, -0.05) is 19.4 Å². The number of aliphatic hydroxyl groups is 1. The third-order valence-electron chi connectivity index (χ3n) is 5.86. The van der Waals surface area contributed by atoms with E-state index < -0.39 is 17.7 Å². The number of rotatable bonds is 8. The van der Waals surface area contributed by atoms with Crippen LogP contribution < -0.4 is 4.74 Å². The van der Waals surface area contributed by atoms with E-state index in [9.17, 15) is 14.7 Å². The minimum absolute atomic E-state index is 0.0582. The van der Waals surface area contributed by atoms with Crippen molar-refractivity contribution in [1.82, 2.24) is 14.9 Å². The van der Waals surface area contributed by atoms with Gasteiger partial charge >= 0.3 is 0 Å². The number of aliphatic hydroxyl groups excluding tert-OH is 1. The number of Topliss-reactive ketones (excluding diaryl/α,β-unsaturated/α-hetero) is 1. The molecule has 1 aliphatic heterocycles. The number of ether oxygens (including phenoxy) is 1. The summed E-state index contributed by atoms with van der Waals surface area (Å²) in [7, 11) is 0. The first kappa shape index (κ1) is 23.2. The fourth-order valence-electron chi connectivity index (χ4n) is 4.09. The standard InChI is InChI=1S/C27H27N3O4/c1-3-4-14-34-21-7-8-22(18(2)15-21)25(31)23-24(20-9-12-28-13-10-20)30(27(33)26(23)32)17-19-6-5-11-29-16-19/h5-13,15-16,24,31H,3-4,14,17H2,1-2H3/b25-23+/t24-/m1/s1. The van der Waals surface area contributed by atoms with Gasteiger partial charge < -0.3 is 14.7 Å². The summed E-state index contributed by atoms with van der Waals surface area (Å²) < 4.78 is 5.76. The molecule has 0 radical (unpaired) electrons. The second-order valence-corrected chi connectivity index (χ2v) is 8.25. The van der Waals surface area contributed by atoms with Gasteiger partial charge in [-0.25, -0.2) is 0 Å². The van der Waals surface area contributed by atoms with Gasteiger partial charge in [0, 0.05) is 36.9 Å². The molecule has 7 nitrogen and oxygen atoms in total. The van der Waals surface area contributed by atoms with Crippen molar-refractivity contribution in [3.63, 3.8) is 0 Å². The van der Waals surface area contributed by atoms with Gasteiger partial charge in [-0.05, 0) is 66.4 Å². The molecule has 0 bridgehead atoms. The zero-order valence-corrected chi connectivity index (χ0v) is 19.3. The van der Waals surface area contributed by atoms with Gasteiger partial charge in [0.1, 0.15) is 11.5 Å². The van der Waals surface area contributed by atoms with Gasteiger partial charge in [-0.3, -0.25) is 19.6 Å². The first-order chi connectivity index (χ1) is 16.5. The summed E-state index contributed by atoms with van der Waals surface area (Å²) in [4.78, 5) is 35.9. The number of amides is 1. The molecule has 1 fully saturated rings. The lowest BCUT2D eigenvalue weighted by Crippen LogP contribution is -2.29. The number of carbonyl (C=O) groups excluding carboxylic acids is 2. The lowest BCUT2D eigenvalue weighted by Gasteiger charge is -2.25. The van der Waals surface area contributed by atoms with E-state index in [0.717, 1.165) is 24.0 Å². The van der Waals surface area contributed by atoms with Crippen molar-refractivity contribution in [3.8, 4) is 5.75 Å². The summed E-state index contributed by atoms with van der Waals surface area (Å²) in [5.74, 6) is -0.882. The van der Waals surface area contributed by atoms with Gasteiger partial charge in [-0.2, -0.15) is 0 Å². The molecule has 2 aromatic heterocycles. The maximum absolute atomic E-state index is 13.2. The molecule has 0 saturated carbocycles. The Hall–Kier alpha value is -4.00.